The lowest BCUT2D eigenvalue weighted by molar-refractivity contribution is 0.357. The van der Waals surface area contributed by atoms with E-state index in [4.69, 9.17) is 0 Å². The number of sulfone groups is 1. The molecule has 114 valence electrons. The zero-order valence-electron chi connectivity index (χ0n) is 9.36. The van der Waals surface area contributed by atoms with Gasteiger partial charge in [0.15, 0.2) is 23.3 Å². The quantitative estimate of drug-likeness (QED) is 0.273. The molecule has 0 aliphatic heterocycles. The third-order valence-corrected chi connectivity index (χ3v) is 6.88. The Morgan fingerprint density at radius 2 is 1.29 bits per heavy atom. The lowest BCUT2D eigenvalue weighted by Crippen LogP contribution is -2.13. The van der Waals surface area contributed by atoms with Crippen molar-refractivity contribution in [1.29, 1.82) is 0 Å². The first-order valence-corrected chi connectivity index (χ1v) is 8.69. The van der Waals surface area contributed by atoms with E-state index in [0.29, 0.717) is 0 Å². The van der Waals surface area contributed by atoms with Crippen molar-refractivity contribution in [3.8, 4) is 0 Å². The number of benzene rings is 1. The maximum absolute atomic E-state index is 13.6. The zero-order valence-corrected chi connectivity index (χ0v) is 14.2. The van der Waals surface area contributed by atoms with Crippen LogP contribution >= 0.6 is 43.2 Å². The monoisotopic (exact) mass is 470 g/mol. The Morgan fingerprint density at radius 1 is 0.857 bits per heavy atom. The predicted molar refractivity (Wildman–Crippen MR) is 71.4 cm³/mol. The fourth-order valence-corrected chi connectivity index (χ4v) is 6.63. The second kappa shape index (κ2) is 5.60. The summed E-state index contributed by atoms with van der Waals surface area (Å²) in [5, 5.41) is 0. The predicted octanol–water partition coefficient (Wildman–Crippen LogP) is 4.80. The molecule has 11 heteroatoms. The van der Waals surface area contributed by atoms with Gasteiger partial charge < -0.3 is 0 Å². The first-order valence-electron chi connectivity index (χ1n) is 4.80. The minimum atomic E-state index is -4.94. The average Bonchev–Trinajstić information content (AvgIpc) is 2.74. The van der Waals surface area contributed by atoms with E-state index in [0.717, 1.165) is 17.4 Å². The van der Waals surface area contributed by atoms with Crippen LogP contribution in [-0.4, -0.2) is 8.42 Å². The fraction of sp³-hybridized carbons (Fsp3) is 0. The Bertz CT molecular complexity index is 819. The van der Waals surface area contributed by atoms with Crippen molar-refractivity contribution in [3.63, 3.8) is 0 Å². The van der Waals surface area contributed by atoms with Gasteiger partial charge in [0.1, 0.15) is 4.90 Å². The maximum Gasteiger partial charge on any atom is 0.214 e. The molecule has 1 aromatic carbocycles. The average molecular weight is 472 g/mol. The van der Waals surface area contributed by atoms with Crippen LogP contribution in [0.25, 0.3) is 0 Å². The van der Waals surface area contributed by atoms with E-state index in [1.54, 1.807) is 0 Å². The molecular formula is C10HBr2F5O2S2. The molecule has 0 unspecified atom stereocenters. The van der Waals surface area contributed by atoms with E-state index in [1.807, 2.05) is 0 Å². The van der Waals surface area contributed by atoms with E-state index in [-0.39, 0.29) is 7.57 Å². The highest BCUT2D eigenvalue weighted by Gasteiger charge is 2.36. The molecule has 2 aromatic rings. The van der Waals surface area contributed by atoms with E-state index in [9.17, 15) is 30.4 Å². The van der Waals surface area contributed by atoms with E-state index < -0.39 is 48.7 Å². The molecule has 2 rings (SSSR count). The first-order chi connectivity index (χ1) is 9.59. The second-order valence-electron chi connectivity index (χ2n) is 3.59. The molecular weight excluding hydrogens is 471 g/mol. The largest absolute Gasteiger partial charge is 0.218 e. The molecule has 0 bridgehead atoms. The maximum atomic E-state index is 13.6. The number of rotatable bonds is 2. The summed E-state index contributed by atoms with van der Waals surface area (Å²) in [4.78, 5) is -2.49. The molecule has 0 spiro atoms. The summed E-state index contributed by atoms with van der Waals surface area (Å²) in [6.45, 7) is 0. The summed E-state index contributed by atoms with van der Waals surface area (Å²) < 4.78 is 90.9. The lowest BCUT2D eigenvalue weighted by Gasteiger charge is -2.08. The van der Waals surface area contributed by atoms with Crippen molar-refractivity contribution < 1.29 is 30.4 Å². The Morgan fingerprint density at radius 3 is 1.67 bits per heavy atom. The van der Waals surface area contributed by atoms with Gasteiger partial charge in [0.05, 0.1) is 12.5 Å². The number of thiophene rings is 1. The highest BCUT2D eigenvalue weighted by atomic mass is 79.9. The van der Waals surface area contributed by atoms with Gasteiger partial charge in [0.25, 0.3) is 0 Å². The highest BCUT2D eigenvalue weighted by Crippen LogP contribution is 2.39. The summed E-state index contributed by atoms with van der Waals surface area (Å²) in [5.41, 5.74) is 0. The molecule has 0 atom stereocenters. The van der Waals surface area contributed by atoms with Crippen LogP contribution in [-0.2, 0) is 9.84 Å². The number of halogens is 7. The molecule has 0 aliphatic rings. The molecule has 0 aliphatic carbocycles. The molecule has 0 radical (unpaired) electrons. The van der Waals surface area contributed by atoms with Gasteiger partial charge in [0.2, 0.25) is 15.7 Å². The number of hydrogen-bond donors (Lipinski definition) is 0. The Labute approximate surface area is 135 Å². The van der Waals surface area contributed by atoms with Crippen molar-refractivity contribution in [2.45, 2.75) is 9.79 Å². The van der Waals surface area contributed by atoms with Gasteiger partial charge in [0, 0.05) is 0 Å². The molecule has 0 amide bonds. The smallest absolute Gasteiger partial charge is 0.214 e. The SMILES string of the molecule is O=S(=O)(c1cc(Br)sc1Br)c1c(F)c(F)c(F)c(F)c1F. The summed E-state index contributed by atoms with van der Waals surface area (Å²) in [7, 11) is -4.94. The van der Waals surface area contributed by atoms with Gasteiger partial charge >= 0.3 is 0 Å². The lowest BCUT2D eigenvalue weighted by atomic mass is 10.3. The van der Waals surface area contributed by atoms with E-state index in [1.165, 1.54) is 0 Å². The molecule has 0 saturated heterocycles. The standard InChI is InChI=1S/C10HBr2F5O2S2/c11-3-1-2(10(12)20-3)21(18,19)9-7(16)5(14)4(13)6(15)8(9)17/h1H. The van der Waals surface area contributed by atoms with Crippen LogP contribution in [0, 0.1) is 29.1 Å². The van der Waals surface area contributed by atoms with Crippen molar-refractivity contribution in [1.82, 2.24) is 0 Å². The third-order valence-electron chi connectivity index (χ3n) is 2.35. The van der Waals surface area contributed by atoms with Crippen molar-refractivity contribution >= 4 is 53.0 Å². The van der Waals surface area contributed by atoms with Crippen LogP contribution in [0.3, 0.4) is 0 Å². The van der Waals surface area contributed by atoms with Crippen LogP contribution in [0.5, 0.6) is 0 Å². The van der Waals surface area contributed by atoms with Crippen LogP contribution in [0.1, 0.15) is 0 Å². The first kappa shape index (κ1) is 16.8. The van der Waals surface area contributed by atoms with Crippen LogP contribution in [0.4, 0.5) is 22.0 Å². The summed E-state index contributed by atoms with van der Waals surface area (Å²) in [6, 6.07) is 0.988. The van der Waals surface area contributed by atoms with Gasteiger partial charge in [-0.1, -0.05) is 0 Å². The number of hydrogen-bond acceptors (Lipinski definition) is 3. The van der Waals surface area contributed by atoms with Crippen molar-refractivity contribution in [2.75, 3.05) is 0 Å². The minimum absolute atomic E-state index is 0.0432. The fourth-order valence-electron chi connectivity index (χ4n) is 1.44. The molecule has 0 N–H and O–H groups in total. The molecule has 1 heterocycles. The second-order valence-corrected chi connectivity index (χ2v) is 9.20. The van der Waals surface area contributed by atoms with Crippen molar-refractivity contribution in [3.05, 3.63) is 42.7 Å². The topological polar surface area (TPSA) is 34.1 Å². The highest BCUT2D eigenvalue weighted by molar-refractivity contribution is 9.12. The zero-order chi connectivity index (χ0) is 16.1. The van der Waals surface area contributed by atoms with Crippen LogP contribution in [0.2, 0.25) is 0 Å². The summed E-state index contributed by atoms with van der Waals surface area (Å²) >= 11 is 6.67. The normalized spacial score (nSPS) is 12.0. The summed E-state index contributed by atoms with van der Waals surface area (Å²) in [6.07, 6.45) is 0. The Hall–Kier alpha value is -0.520. The van der Waals surface area contributed by atoms with Gasteiger partial charge in [-0.2, -0.15) is 0 Å². The van der Waals surface area contributed by atoms with Crippen LogP contribution in [0.15, 0.2) is 23.4 Å². The van der Waals surface area contributed by atoms with E-state index >= 15 is 0 Å². The third kappa shape index (κ3) is 2.64. The van der Waals surface area contributed by atoms with Crippen LogP contribution < -0.4 is 0 Å². The molecule has 0 saturated carbocycles. The van der Waals surface area contributed by atoms with Gasteiger partial charge in [-0.3, -0.25) is 0 Å². The Kier molecular flexibility index (Phi) is 4.49. The molecule has 21 heavy (non-hydrogen) atoms. The van der Waals surface area contributed by atoms with E-state index in [2.05, 4.69) is 31.9 Å². The van der Waals surface area contributed by atoms with Gasteiger partial charge in [-0.15, -0.1) is 11.3 Å². The molecule has 1 aromatic heterocycles. The van der Waals surface area contributed by atoms with Crippen molar-refractivity contribution in [2.24, 2.45) is 0 Å². The Balaban J connectivity index is 2.87. The summed E-state index contributed by atoms with van der Waals surface area (Å²) in [5.74, 6) is -11.9. The molecule has 0 fully saturated rings. The minimum Gasteiger partial charge on any atom is -0.218 e. The molecule has 2 nitrogen and oxygen atoms in total. The van der Waals surface area contributed by atoms with Gasteiger partial charge in [-0.05, 0) is 37.9 Å². The van der Waals surface area contributed by atoms with Gasteiger partial charge in [-0.25, -0.2) is 30.4 Å².